The highest BCUT2D eigenvalue weighted by atomic mass is 79.9. The van der Waals surface area contributed by atoms with Crippen molar-refractivity contribution >= 4 is 32.2 Å². The van der Waals surface area contributed by atoms with Crippen LogP contribution in [-0.4, -0.2) is 42.3 Å². The van der Waals surface area contributed by atoms with E-state index in [0.29, 0.717) is 6.54 Å². The number of hydrogen-bond acceptors (Lipinski definition) is 4. The molecule has 0 aromatic heterocycles. The number of alkyl halides is 1. The highest BCUT2D eigenvalue weighted by molar-refractivity contribution is 9.09. The number of amides is 1. The third kappa shape index (κ3) is 5.27. The van der Waals surface area contributed by atoms with Gasteiger partial charge in [-0.1, -0.05) is 22.9 Å². The van der Waals surface area contributed by atoms with Gasteiger partial charge in [0.1, 0.15) is 0 Å². The number of rotatable bonds is 5. The minimum atomic E-state index is -3.81. The van der Waals surface area contributed by atoms with Crippen molar-refractivity contribution in [2.75, 3.05) is 6.54 Å². The van der Waals surface area contributed by atoms with Gasteiger partial charge in [-0.05, 0) is 33.1 Å². The molecule has 19 heavy (non-hydrogen) atoms. The van der Waals surface area contributed by atoms with Gasteiger partial charge in [0, 0.05) is 17.4 Å². The van der Waals surface area contributed by atoms with Crippen molar-refractivity contribution in [3.05, 3.63) is 0 Å². The van der Waals surface area contributed by atoms with Crippen LogP contribution in [0.5, 0.6) is 0 Å². The van der Waals surface area contributed by atoms with Crippen molar-refractivity contribution < 1.29 is 17.9 Å². The van der Waals surface area contributed by atoms with E-state index in [4.69, 9.17) is 4.74 Å². The van der Waals surface area contributed by atoms with E-state index in [1.807, 2.05) is 11.6 Å². The lowest BCUT2D eigenvalue weighted by Crippen LogP contribution is -2.46. The van der Waals surface area contributed by atoms with E-state index in [1.54, 1.807) is 13.8 Å². The summed E-state index contributed by atoms with van der Waals surface area (Å²) >= 11 is 3.43. The summed E-state index contributed by atoms with van der Waals surface area (Å²) in [5.74, 6) is 0. The number of carbonyl (C=O) groups excluding carboxylic acids is 1. The van der Waals surface area contributed by atoms with Crippen LogP contribution in [0.4, 0.5) is 4.79 Å². The Morgan fingerprint density at radius 2 is 2.11 bits per heavy atom. The van der Waals surface area contributed by atoms with E-state index < -0.39 is 16.3 Å². The molecular weight excluding hydrogens is 336 g/mol. The zero-order valence-corrected chi connectivity index (χ0v) is 13.8. The van der Waals surface area contributed by atoms with E-state index >= 15 is 0 Å². The first kappa shape index (κ1) is 16.7. The van der Waals surface area contributed by atoms with Gasteiger partial charge in [-0.25, -0.2) is 9.52 Å². The highest BCUT2D eigenvalue weighted by Crippen LogP contribution is 2.25. The molecule has 0 saturated carbocycles. The molecule has 2 unspecified atom stereocenters. The molecule has 1 fully saturated rings. The van der Waals surface area contributed by atoms with Crippen LogP contribution in [0.25, 0.3) is 0 Å². The summed E-state index contributed by atoms with van der Waals surface area (Å²) in [5.41, 5.74) is 0. The van der Waals surface area contributed by atoms with Gasteiger partial charge in [-0.3, -0.25) is 0 Å². The van der Waals surface area contributed by atoms with E-state index in [-0.39, 0.29) is 17.0 Å². The molecule has 8 heteroatoms. The number of nitrogens with zero attached hydrogens (tertiary/aromatic N) is 1. The lowest BCUT2D eigenvalue weighted by molar-refractivity contribution is 0.121. The molecule has 0 bridgehead atoms. The molecule has 112 valence electrons. The Morgan fingerprint density at radius 3 is 2.63 bits per heavy atom. The van der Waals surface area contributed by atoms with Gasteiger partial charge in [0.05, 0.1) is 6.10 Å². The number of nitrogens with one attached hydrogen (secondary N) is 1. The Kier molecular flexibility index (Phi) is 6.07. The van der Waals surface area contributed by atoms with Crippen LogP contribution in [-0.2, 0) is 14.9 Å². The van der Waals surface area contributed by atoms with Crippen molar-refractivity contribution in [1.29, 1.82) is 0 Å². The second-order valence-electron chi connectivity index (χ2n) is 4.98. The minimum absolute atomic E-state index is 0.0706. The summed E-state index contributed by atoms with van der Waals surface area (Å²) in [6.07, 6.45) is 1.07. The van der Waals surface area contributed by atoms with Crippen LogP contribution >= 0.6 is 15.9 Å². The topological polar surface area (TPSA) is 75.7 Å². The molecule has 1 aliphatic heterocycles. The Hall–Kier alpha value is -0.340. The summed E-state index contributed by atoms with van der Waals surface area (Å²) in [7, 11) is -3.81. The van der Waals surface area contributed by atoms with E-state index in [1.165, 1.54) is 4.31 Å². The smallest absolute Gasteiger partial charge is 0.422 e. The van der Waals surface area contributed by atoms with Gasteiger partial charge < -0.3 is 4.74 Å². The van der Waals surface area contributed by atoms with E-state index in [2.05, 4.69) is 15.9 Å². The van der Waals surface area contributed by atoms with E-state index in [0.717, 1.165) is 19.3 Å². The molecule has 0 aromatic carbocycles. The summed E-state index contributed by atoms with van der Waals surface area (Å²) in [5, 5.41) is 0. The fraction of sp³-hybridized carbons (Fsp3) is 0.909. The van der Waals surface area contributed by atoms with Gasteiger partial charge in [-0.15, -0.1) is 0 Å². The summed E-state index contributed by atoms with van der Waals surface area (Å²) in [6.45, 7) is 5.74. The van der Waals surface area contributed by atoms with Crippen molar-refractivity contribution in [1.82, 2.24) is 9.03 Å². The van der Waals surface area contributed by atoms with Crippen molar-refractivity contribution in [2.24, 2.45) is 0 Å². The molecule has 1 rings (SSSR count). The monoisotopic (exact) mass is 356 g/mol. The van der Waals surface area contributed by atoms with Crippen molar-refractivity contribution in [2.45, 2.75) is 57.0 Å². The second-order valence-corrected chi connectivity index (χ2v) is 8.17. The molecular formula is C11H21BrN2O4S. The summed E-state index contributed by atoms with van der Waals surface area (Å²) in [6, 6.07) is -0.0706. The second kappa shape index (κ2) is 6.90. The average Bonchev–Trinajstić information content (AvgIpc) is 2.62. The average molecular weight is 357 g/mol. The molecule has 6 nitrogen and oxygen atoms in total. The molecule has 1 N–H and O–H groups in total. The normalized spacial score (nSPS) is 22.5. The van der Waals surface area contributed by atoms with Gasteiger partial charge >= 0.3 is 16.3 Å². The fourth-order valence-electron chi connectivity index (χ4n) is 2.14. The SMILES string of the molecule is CC(Br)CC1CCCN1S(=O)(=O)NC(=O)OC(C)C. The van der Waals surface area contributed by atoms with Crippen molar-refractivity contribution in [3.63, 3.8) is 0 Å². The first-order chi connectivity index (χ1) is 8.72. The summed E-state index contributed by atoms with van der Waals surface area (Å²) in [4.78, 5) is 11.6. The fourth-order valence-corrected chi connectivity index (χ4v) is 3.90. The maximum atomic E-state index is 12.1. The maximum absolute atomic E-state index is 12.1. The molecule has 1 heterocycles. The number of ether oxygens (including phenoxy) is 1. The predicted octanol–water partition coefficient (Wildman–Crippen LogP) is 2.00. The third-order valence-corrected chi connectivity index (χ3v) is 4.68. The van der Waals surface area contributed by atoms with Gasteiger partial charge in [0.25, 0.3) is 0 Å². The molecule has 0 aromatic rings. The Morgan fingerprint density at radius 1 is 1.47 bits per heavy atom. The standard InChI is InChI=1S/C11H21BrN2O4S/c1-8(2)18-11(15)13-19(16,17)14-6-4-5-10(14)7-9(3)12/h8-10H,4-7H2,1-3H3,(H,13,15). The van der Waals surface area contributed by atoms with Gasteiger partial charge in [0.15, 0.2) is 0 Å². The number of halogens is 1. The molecule has 1 aliphatic rings. The molecule has 0 aliphatic carbocycles. The Labute approximate surface area is 123 Å². The van der Waals surface area contributed by atoms with Gasteiger partial charge in [-0.2, -0.15) is 12.7 Å². The van der Waals surface area contributed by atoms with Crippen LogP contribution in [0.3, 0.4) is 0 Å². The van der Waals surface area contributed by atoms with Crippen LogP contribution in [0, 0.1) is 0 Å². The number of carbonyl (C=O) groups is 1. The van der Waals surface area contributed by atoms with Gasteiger partial charge in [0.2, 0.25) is 0 Å². The Bertz CT molecular complexity index is 411. The molecule has 0 radical (unpaired) electrons. The maximum Gasteiger partial charge on any atom is 0.422 e. The minimum Gasteiger partial charge on any atom is -0.446 e. The quantitative estimate of drug-likeness (QED) is 0.764. The molecule has 1 amide bonds. The first-order valence-corrected chi connectivity index (χ1v) is 8.72. The molecule has 2 atom stereocenters. The Balaban J connectivity index is 2.68. The van der Waals surface area contributed by atoms with E-state index in [9.17, 15) is 13.2 Å². The lowest BCUT2D eigenvalue weighted by atomic mass is 10.1. The first-order valence-electron chi connectivity index (χ1n) is 6.36. The van der Waals surface area contributed by atoms with Crippen molar-refractivity contribution in [3.8, 4) is 0 Å². The predicted molar refractivity (Wildman–Crippen MR) is 76.4 cm³/mol. The largest absolute Gasteiger partial charge is 0.446 e. The number of hydrogen-bond donors (Lipinski definition) is 1. The van der Waals surface area contributed by atoms with Crippen LogP contribution in [0.15, 0.2) is 0 Å². The highest BCUT2D eigenvalue weighted by Gasteiger charge is 2.35. The molecule has 1 saturated heterocycles. The van der Waals surface area contributed by atoms with Crippen LogP contribution < -0.4 is 4.72 Å². The lowest BCUT2D eigenvalue weighted by Gasteiger charge is -2.24. The zero-order valence-electron chi connectivity index (χ0n) is 11.4. The zero-order chi connectivity index (χ0) is 14.6. The molecule has 0 spiro atoms. The third-order valence-electron chi connectivity index (χ3n) is 2.78. The van der Waals surface area contributed by atoms with Crippen LogP contribution in [0.2, 0.25) is 0 Å². The van der Waals surface area contributed by atoms with Crippen LogP contribution in [0.1, 0.15) is 40.0 Å². The summed E-state index contributed by atoms with van der Waals surface area (Å²) < 4.78 is 32.3.